The maximum atomic E-state index is 14.0. The van der Waals surface area contributed by atoms with Crippen LogP contribution in [-0.2, 0) is 20.7 Å². The van der Waals surface area contributed by atoms with Gasteiger partial charge in [0.25, 0.3) is 5.91 Å². The molecule has 1 aromatic heterocycles. The van der Waals surface area contributed by atoms with Crippen LogP contribution in [0.1, 0.15) is 54.2 Å². The number of carbonyl (C=O) groups is 3. The molecule has 3 aromatic rings. The molecule has 10 heteroatoms. The highest BCUT2D eigenvalue weighted by atomic mass is 16.5. The minimum absolute atomic E-state index is 0.0481. The predicted molar refractivity (Wildman–Crippen MR) is 154 cm³/mol. The molecular weight excluding hydrogens is 522 g/mol. The number of rotatable bonds is 8. The molecule has 0 spiro atoms. The summed E-state index contributed by atoms with van der Waals surface area (Å²) in [7, 11) is 0. The Bertz CT molecular complexity index is 1400. The SMILES string of the molecule is CCOC(=O)C(=O)N1CCCC(CN(C(=O)c2ccc3c(c2)CCO3)c2ccnc(N[C@@H](C)c3ccccc3)n2)C1. The van der Waals surface area contributed by atoms with E-state index in [0.29, 0.717) is 43.6 Å². The van der Waals surface area contributed by atoms with E-state index >= 15 is 0 Å². The van der Waals surface area contributed by atoms with E-state index in [1.807, 2.05) is 49.4 Å². The first-order valence-corrected chi connectivity index (χ1v) is 14.1. The van der Waals surface area contributed by atoms with Crippen LogP contribution in [0.5, 0.6) is 5.75 Å². The summed E-state index contributed by atoms with van der Waals surface area (Å²) in [5.41, 5.74) is 2.63. The van der Waals surface area contributed by atoms with Gasteiger partial charge in [-0.25, -0.2) is 9.78 Å². The molecule has 2 aliphatic heterocycles. The molecule has 2 amide bonds. The fraction of sp³-hybridized carbons (Fsp3) is 0.387. The van der Waals surface area contributed by atoms with E-state index in [4.69, 9.17) is 14.5 Å². The van der Waals surface area contributed by atoms with Gasteiger partial charge in [-0.1, -0.05) is 30.3 Å². The average Bonchev–Trinajstić information content (AvgIpc) is 3.48. The molecule has 1 N–H and O–H groups in total. The largest absolute Gasteiger partial charge is 0.493 e. The van der Waals surface area contributed by atoms with Crippen LogP contribution >= 0.6 is 0 Å². The van der Waals surface area contributed by atoms with Gasteiger partial charge in [-0.2, -0.15) is 4.98 Å². The van der Waals surface area contributed by atoms with Crippen molar-refractivity contribution >= 4 is 29.5 Å². The van der Waals surface area contributed by atoms with Gasteiger partial charge in [-0.15, -0.1) is 0 Å². The number of carbonyl (C=O) groups excluding carboxylic acids is 3. The van der Waals surface area contributed by atoms with Gasteiger partial charge in [0.1, 0.15) is 11.6 Å². The van der Waals surface area contributed by atoms with E-state index in [2.05, 4.69) is 10.3 Å². The molecule has 2 atom stereocenters. The first-order chi connectivity index (χ1) is 19.9. The second kappa shape index (κ2) is 12.8. The summed E-state index contributed by atoms with van der Waals surface area (Å²) < 4.78 is 10.6. The summed E-state index contributed by atoms with van der Waals surface area (Å²) in [5, 5.41) is 3.34. The third-order valence-corrected chi connectivity index (χ3v) is 7.44. The van der Waals surface area contributed by atoms with Crippen LogP contribution in [-0.4, -0.2) is 65.5 Å². The molecule has 3 heterocycles. The number of likely N-dealkylation sites (tertiary alicyclic amines) is 1. The number of nitrogens with zero attached hydrogens (tertiary/aromatic N) is 4. The molecular formula is C31H35N5O5. The molecule has 1 fully saturated rings. The number of benzene rings is 2. The topological polar surface area (TPSA) is 114 Å². The standard InChI is InChI=1S/C31H35N5O5/c1-3-40-30(39)29(38)35-16-7-8-22(19-35)20-36(28(37)25-11-12-26-24(18-25)14-17-41-26)27-13-15-32-31(34-27)33-21(2)23-9-5-4-6-10-23/h4-6,9-13,15,18,21-22H,3,7-8,14,16-17,19-20H2,1-2H3,(H,32,33,34)/t21-,22?/m0/s1. The Labute approximate surface area is 239 Å². The molecule has 0 radical (unpaired) electrons. The predicted octanol–water partition coefficient (Wildman–Crippen LogP) is 4.03. The van der Waals surface area contributed by atoms with E-state index in [1.54, 1.807) is 30.2 Å². The molecule has 1 unspecified atom stereocenters. The van der Waals surface area contributed by atoms with E-state index in [1.165, 1.54) is 4.90 Å². The van der Waals surface area contributed by atoms with Crippen molar-refractivity contribution in [2.24, 2.45) is 5.92 Å². The fourth-order valence-electron chi connectivity index (χ4n) is 5.32. The van der Waals surface area contributed by atoms with Gasteiger partial charge < -0.3 is 19.7 Å². The highest BCUT2D eigenvalue weighted by molar-refractivity contribution is 6.32. The normalized spacial score (nSPS) is 16.7. The third kappa shape index (κ3) is 6.65. The number of esters is 1. The molecule has 10 nitrogen and oxygen atoms in total. The Morgan fingerprint density at radius 2 is 2.00 bits per heavy atom. The van der Waals surface area contributed by atoms with E-state index in [-0.39, 0.29) is 24.5 Å². The number of ether oxygens (including phenoxy) is 2. The van der Waals surface area contributed by atoms with Gasteiger partial charge >= 0.3 is 11.9 Å². The zero-order valence-corrected chi connectivity index (χ0v) is 23.4. The minimum atomic E-state index is -0.847. The molecule has 1 saturated heterocycles. The van der Waals surface area contributed by atoms with Crippen LogP contribution < -0.4 is 15.0 Å². The summed E-state index contributed by atoms with van der Waals surface area (Å²) in [6.07, 6.45) is 3.91. The van der Waals surface area contributed by atoms with Crippen LogP contribution in [0.15, 0.2) is 60.8 Å². The first kappa shape index (κ1) is 28.1. The monoisotopic (exact) mass is 557 g/mol. The average molecular weight is 558 g/mol. The summed E-state index contributed by atoms with van der Waals surface area (Å²) in [5.74, 6) is -0.0817. The first-order valence-electron chi connectivity index (χ1n) is 14.1. The number of anilines is 2. The van der Waals surface area contributed by atoms with Crippen molar-refractivity contribution in [1.29, 1.82) is 0 Å². The quantitative estimate of drug-likeness (QED) is 0.326. The van der Waals surface area contributed by atoms with Crippen molar-refractivity contribution in [3.63, 3.8) is 0 Å². The maximum absolute atomic E-state index is 14.0. The molecule has 0 aliphatic carbocycles. The number of hydrogen-bond acceptors (Lipinski definition) is 8. The van der Waals surface area contributed by atoms with E-state index in [9.17, 15) is 14.4 Å². The lowest BCUT2D eigenvalue weighted by molar-refractivity contribution is -0.160. The van der Waals surface area contributed by atoms with Gasteiger partial charge in [0, 0.05) is 37.8 Å². The van der Waals surface area contributed by atoms with E-state index < -0.39 is 11.9 Å². The summed E-state index contributed by atoms with van der Waals surface area (Å²) in [4.78, 5) is 51.1. The number of amides is 2. The Kier molecular flexibility index (Phi) is 8.76. The highest BCUT2D eigenvalue weighted by Gasteiger charge is 2.32. The van der Waals surface area contributed by atoms with Crippen LogP contribution in [0, 0.1) is 5.92 Å². The van der Waals surface area contributed by atoms with Gasteiger partial charge in [0.2, 0.25) is 5.95 Å². The maximum Gasteiger partial charge on any atom is 0.397 e. The molecule has 214 valence electrons. The van der Waals surface area contributed by atoms with Crippen LogP contribution in [0.4, 0.5) is 11.8 Å². The van der Waals surface area contributed by atoms with Gasteiger partial charge in [-0.05, 0) is 68.0 Å². The molecule has 2 aromatic carbocycles. The lowest BCUT2D eigenvalue weighted by Crippen LogP contribution is -2.47. The fourth-order valence-corrected chi connectivity index (χ4v) is 5.32. The number of fused-ring (bicyclic) bond motifs is 1. The van der Waals surface area contributed by atoms with Crippen LogP contribution in [0.25, 0.3) is 0 Å². The van der Waals surface area contributed by atoms with Crippen molar-refractivity contribution < 1.29 is 23.9 Å². The molecule has 0 bridgehead atoms. The lowest BCUT2D eigenvalue weighted by atomic mass is 9.96. The molecule has 0 saturated carbocycles. The molecule has 5 rings (SSSR count). The Morgan fingerprint density at radius 3 is 2.80 bits per heavy atom. The van der Waals surface area contributed by atoms with E-state index in [0.717, 1.165) is 36.1 Å². The van der Waals surface area contributed by atoms with Gasteiger partial charge in [0.15, 0.2) is 0 Å². The number of aromatic nitrogens is 2. The van der Waals surface area contributed by atoms with Crippen molar-refractivity contribution in [2.45, 2.75) is 39.2 Å². The van der Waals surface area contributed by atoms with Gasteiger partial charge in [-0.3, -0.25) is 14.5 Å². The Morgan fingerprint density at radius 1 is 1.17 bits per heavy atom. The van der Waals surface area contributed by atoms with Crippen molar-refractivity contribution in [2.75, 3.05) is 43.1 Å². The number of nitrogens with one attached hydrogen (secondary N) is 1. The Hall–Kier alpha value is -4.47. The van der Waals surface area contributed by atoms with Crippen molar-refractivity contribution in [3.05, 3.63) is 77.5 Å². The molecule has 2 aliphatic rings. The smallest absolute Gasteiger partial charge is 0.397 e. The van der Waals surface area contributed by atoms with Crippen molar-refractivity contribution in [1.82, 2.24) is 14.9 Å². The second-order valence-corrected chi connectivity index (χ2v) is 10.3. The van der Waals surface area contributed by atoms with Crippen molar-refractivity contribution in [3.8, 4) is 5.75 Å². The molecule has 41 heavy (non-hydrogen) atoms. The lowest BCUT2D eigenvalue weighted by Gasteiger charge is -2.35. The zero-order valence-electron chi connectivity index (χ0n) is 23.4. The summed E-state index contributed by atoms with van der Waals surface area (Å²) in [6, 6.07) is 17.1. The second-order valence-electron chi connectivity index (χ2n) is 10.3. The minimum Gasteiger partial charge on any atom is -0.493 e. The zero-order chi connectivity index (χ0) is 28.8. The summed E-state index contributed by atoms with van der Waals surface area (Å²) in [6.45, 7) is 5.59. The third-order valence-electron chi connectivity index (χ3n) is 7.44. The summed E-state index contributed by atoms with van der Waals surface area (Å²) >= 11 is 0. The Balaban J connectivity index is 1.40. The highest BCUT2D eigenvalue weighted by Crippen LogP contribution is 2.29. The number of piperidine rings is 1. The van der Waals surface area contributed by atoms with Crippen LogP contribution in [0.2, 0.25) is 0 Å². The number of hydrogen-bond donors (Lipinski definition) is 1. The van der Waals surface area contributed by atoms with Crippen LogP contribution in [0.3, 0.4) is 0 Å². The van der Waals surface area contributed by atoms with Gasteiger partial charge in [0.05, 0.1) is 19.3 Å².